The molecule has 0 radical (unpaired) electrons. The van der Waals surface area contributed by atoms with Crippen molar-refractivity contribution in [1.29, 1.82) is 0 Å². The van der Waals surface area contributed by atoms with E-state index in [0.29, 0.717) is 47.4 Å². The minimum Gasteiger partial charge on any atom is -0.341 e. The molecule has 13 heteroatoms. The van der Waals surface area contributed by atoms with Gasteiger partial charge in [0.2, 0.25) is 5.91 Å². The second-order valence-corrected chi connectivity index (χ2v) is 10.7. The summed E-state index contributed by atoms with van der Waals surface area (Å²) >= 11 is 6.53. The molecule has 2 aliphatic rings. The van der Waals surface area contributed by atoms with Crippen molar-refractivity contribution in [3.8, 4) is 22.9 Å². The van der Waals surface area contributed by atoms with Crippen molar-refractivity contribution in [3.63, 3.8) is 0 Å². The van der Waals surface area contributed by atoms with Crippen molar-refractivity contribution in [3.05, 3.63) is 58.6 Å². The fourth-order valence-electron chi connectivity index (χ4n) is 5.28. The third-order valence-electron chi connectivity index (χ3n) is 7.13. The van der Waals surface area contributed by atoms with Crippen molar-refractivity contribution < 1.29 is 18.0 Å². The highest BCUT2D eigenvalue weighted by atomic mass is 35.5. The maximum atomic E-state index is 13.1. The van der Waals surface area contributed by atoms with Gasteiger partial charge in [0.15, 0.2) is 17.3 Å². The van der Waals surface area contributed by atoms with Crippen LogP contribution in [0.4, 0.5) is 24.7 Å². The Hall–Kier alpha value is -3.93. The summed E-state index contributed by atoms with van der Waals surface area (Å²) in [6.07, 6.45) is -0.448. The van der Waals surface area contributed by atoms with Crippen LogP contribution in [0.2, 0.25) is 5.02 Å². The first-order valence-electron chi connectivity index (χ1n) is 12.9. The van der Waals surface area contributed by atoms with Crippen LogP contribution in [0.3, 0.4) is 0 Å². The number of aromatic nitrogens is 6. The normalized spacial score (nSPS) is 15.2. The minimum absolute atomic E-state index is 0.0284. The SMILES string of the molecule is CC(C)n1ncc(Cl)c1-c1nc2c3c(n1)N(Cc1ccc(-c4nc(C(F)(F)F)cn4C)cc1)CC(=O)N3CCC2. The molecule has 4 aromatic rings. The summed E-state index contributed by atoms with van der Waals surface area (Å²) in [5, 5.41) is 4.85. The fraction of sp³-hybridized carbons (Fsp3) is 0.370. The molecule has 0 bridgehead atoms. The van der Waals surface area contributed by atoms with Gasteiger partial charge in [-0.1, -0.05) is 35.9 Å². The van der Waals surface area contributed by atoms with Crippen molar-refractivity contribution in [2.45, 2.75) is 45.5 Å². The largest absolute Gasteiger partial charge is 0.434 e. The quantitative estimate of drug-likeness (QED) is 0.324. The Kier molecular flexibility index (Phi) is 6.32. The van der Waals surface area contributed by atoms with E-state index in [1.807, 2.05) is 30.9 Å². The Bertz CT molecular complexity index is 1610. The van der Waals surface area contributed by atoms with Crippen LogP contribution in [0.5, 0.6) is 0 Å². The van der Waals surface area contributed by atoms with E-state index >= 15 is 0 Å². The predicted octanol–water partition coefficient (Wildman–Crippen LogP) is 5.29. The van der Waals surface area contributed by atoms with E-state index in [1.54, 1.807) is 27.9 Å². The van der Waals surface area contributed by atoms with Crippen molar-refractivity contribution in [2.24, 2.45) is 7.05 Å². The monoisotopic (exact) mass is 570 g/mol. The van der Waals surface area contributed by atoms with Gasteiger partial charge in [-0.25, -0.2) is 15.0 Å². The Balaban J connectivity index is 1.36. The molecule has 208 valence electrons. The van der Waals surface area contributed by atoms with Crippen LogP contribution in [0.25, 0.3) is 22.9 Å². The number of carbonyl (C=O) groups is 1. The Morgan fingerprint density at radius 1 is 1.10 bits per heavy atom. The molecule has 9 nitrogen and oxygen atoms in total. The maximum Gasteiger partial charge on any atom is 0.434 e. The first kappa shape index (κ1) is 26.3. The van der Waals surface area contributed by atoms with E-state index in [0.717, 1.165) is 29.6 Å². The number of amides is 1. The van der Waals surface area contributed by atoms with E-state index in [9.17, 15) is 18.0 Å². The van der Waals surface area contributed by atoms with E-state index in [-0.39, 0.29) is 24.3 Å². The maximum absolute atomic E-state index is 13.1. The summed E-state index contributed by atoms with van der Waals surface area (Å²) < 4.78 is 42.5. The molecule has 40 heavy (non-hydrogen) atoms. The molecule has 1 amide bonds. The average Bonchev–Trinajstić information content (AvgIpc) is 3.50. The number of aryl methyl sites for hydroxylation is 2. The minimum atomic E-state index is -4.52. The molecule has 0 N–H and O–H groups in total. The number of hydrogen-bond donors (Lipinski definition) is 0. The lowest BCUT2D eigenvalue weighted by Crippen LogP contribution is -2.48. The zero-order chi connectivity index (χ0) is 28.3. The number of benzene rings is 1. The highest BCUT2D eigenvalue weighted by Gasteiger charge is 2.37. The molecular formula is C27H26ClF3N8O. The summed E-state index contributed by atoms with van der Waals surface area (Å²) in [7, 11) is 1.53. The average molecular weight is 571 g/mol. The Labute approximate surface area is 233 Å². The van der Waals surface area contributed by atoms with E-state index in [2.05, 4.69) is 10.1 Å². The zero-order valence-electron chi connectivity index (χ0n) is 22.1. The lowest BCUT2D eigenvalue weighted by atomic mass is 10.0. The predicted molar refractivity (Wildman–Crippen MR) is 144 cm³/mol. The van der Waals surface area contributed by atoms with E-state index < -0.39 is 11.9 Å². The van der Waals surface area contributed by atoms with Crippen LogP contribution in [-0.4, -0.2) is 48.3 Å². The number of alkyl halides is 3. The molecule has 0 atom stereocenters. The molecule has 1 aromatic carbocycles. The van der Waals surface area contributed by atoms with Gasteiger partial charge in [0.25, 0.3) is 0 Å². The summed E-state index contributed by atoms with van der Waals surface area (Å²) in [5.74, 6) is 1.29. The van der Waals surface area contributed by atoms with Gasteiger partial charge in [0.1, 0.15) is 17.2 Å². The molecular weight excluding hydrogens is 545 g/mol. The van der Waals surface area contributed by atoms with Gasteiger partial charge in [-0.05, 0) is 32.3 Å². The number of nitrogens with zero attached hydrogens (tertiary/aromatic N) is 8. The van der Waals surface area contributed by atoms with Gasteiger partial charge in [-0.15, -0.1) is 0 Å². The highest BCUT2D eigenvalue weighted by molar-refractivity contribution is 6.32. The molecule has 0 fully saturated rings. The first-order chi connectivity index (χ1) is 19.0. The van der Waals surface area contributed by atoms with Crippen LogP contribution in [0, 0.1) is 0 Å². The molecule has 6 rings (SSSR count). The summed E-state index contributed by atoms with van der Waals surface area (Å²) in [5.41, 5.74) is 2.63. The number of hydrogen-bond acceptors (Lipinski definition) is 6. The van der Waals surface area contributed by atoms with Crippen LogP contribution in [-0.2, 0) is 31.0 Å². The van der Waals surface area contributed by atoms with Gasteiger partial charge in [-0.2, -0.15) is 18.3 Å². The number of halogens is 4. The van der Waals surface area contributed by atoms with Crippen LogP contribution in [0.15, 0.2) is 36.7 Å². The van der Waals surface area contributed by atoms with Crippen LogP contribution < -0.4 is 9.80 Å². The van der Waals surface area contributed by atoms with Gasteiger partial charge >= 0.3 is 6.18 Å². The van der Waals surface area contributed by atoms with E-state index in [4.69, 9.17) is 21.6 Å². The number of rotatable bonds is 5. The highest BCUT2D eigenvalue weighted by Crippen LogP contribution is 2.41. The second-order valence-electron chi connectivity index (χ2n) is 10.3. The van der Waals surface area contributed by atoms with Gasteiger partial charge < -0.3 is 14.4 Å². The molecule has 3 aromatic heterocycles. The van der Waals surface area contributed by atoms with Crippen LogP contribution in [0.1, 0.15) is 43.3 Å². The molecule has 0 unspecified atom stereocenters. The third kappa shape index (κ3) is 4.49. The topological polar surface area (TPSA) is 85.0 Å². The van der Waals surface area contributed by atoms with Crippen LogP contribution >= 0.6 is 11.6 Å². The first-order valence-corrected chi connectivity index (χ1v) is 13.3. The van der Waals surface area contributed by atoms with Gasteiger partial charge in [0.05, 0.1) is 23.5 Å². The zero-order valence-corrected chi connectivity index (χ0v) is 22.8. The lowest BCUT2D eigenvalue weighted by molar-refractivity contribution is -0.140. The number of anilines is 2. The molecule has 2 aliphatic heterocycles. The molecule has 5 heterocycles. The number of imidazole rings is 1. The van der Waals surface area contributed by atoms with E-state index in [1.165, 1.54) is 11.6 Å². The lowest BCUT2D eigenvalue weighted by Gasteiger charge is -2.39. The smallest absolute Gasteiger partial charge is 0.341 e. The summed E-state index contributed by atoms with van der Waals surface area (Å²) in [6.45, 7) is 5.11. The van der Waals surface area contributed by atoms with Gasteiger partial charge in [0, 0.05) is 37.9 Å². The number of carbonyl (C=O) groups excluding carboxylic acids is 1. The Morgan fingerprint density at radius 3 is 2.52 bits per heavy atom. The third-order valence-corrected chi connectivity index (χ3v) is 7.41. The molecule has 0 aliphatic carbocycles. The second kappa shape index (κ2) is 9.61. The Morgan fingerprint density at radius 2 is 1.85 bits per heavy atom. The van der Waals surface area contributed by atoms with Crippen molar-refractivity contribution in [1.82, 2.24) is 29.3 Å². The molecule has 0 spiro atoms. The summed E-state index contributed by atoms with van der Waals surface area (Å²) in [4.78, 5) is 30.3. The van der Waals surface area contributed by atoms with Gasteiger partial charge in [-0.3, -0.25) is 9.48 Å². The summed E-state index contributed by atoms with van der Waals surface area (Å²) in [6, 6.07) is 7.16. The van der Waals surface area contributed by atoms with Crippen molar-refractivity contribution >= 4 is 29.0 Å². The standard InChI is InChI=1S/C27H26ClF3N8O/c1-15(2)39-22(18(28)11-32-39)24-33-19-5-4-10-38-21(40)14-37(26(35-24)23(19)38)12-16-6-8-17(9-7-16)25-34-20(13-36(25)3)27(29,30)31/h6-9,11,13,15H,4-5,10,12,14H2,1-3H3. The van der Waals surface area contributed by atoms with Crippen molar-refractivity contribution in [2.75, 3.05) is 22.9 Å². The fourth-order valence-corrected chi connectivity index (χ4v) is 5.49. The molecule has 0 saturated carbocycles. The molecule has 0 saturated heterocycles.